The van der Waals surface area contributed by atoms with Gasteiger partial charge in [0.1, 0.15) is 0 Å². The fraction of sp³-hybridized carbons (Fsp3) is 1.00. The molecule has 0 bridgehead atoms. The van der Waals surface area contributed by atoms with Crippen molar-refractivity contribution in [3.05, 3.63) is 0 Å². The molecule has 1 aliphatic heterocycles. The van der Waals surface area contributed by atoms with Gasteiger partial charge in [-0.05, 0) is 18.4 Å². The van der Waals surface area contributed by atoms with E-state index in [0.717, 1.165) is 0 Å². The minimum Gasteiger partial charge on any atom is -0.397 e. The highest BCUT2D eigenvalue weighted by molar-refractivity contribution is 6.69. The molecule has 0 aromatic rings. The molecule has 0 spiro atoms. The molecular weight excluding hydrogens is 180 g/mol. The van der Waals surface area contributed by atoms with Gasteiger partial charge in [0, 0.05) is 19.8 Å². The van der Waals surface area contributed by atoms with Gasteiger partial charge in [0.05, 0.1) is 0 Å². The Hall–Kier alpha value is 0.137. The first-order valence-electron chi connectivity index (χ1n) is 5.26. The highest BCUT2D eigenvalue weighted by Crippen LogP contribution is 2.42. The van der Waals surface area contributed by atoms with Crippen LogP contribution in [-0.4, -0.2) is 22.8 Å². The van der Waals surface area contributed by atoms with Crippen molar-refractivity contribution in [1.29, 1.82) is 0 Å². The first kappa shape index (κ1) is 11.2. The van der Waals surface area contributed by atoms with Crippen molar-refractivity contribution in [3.8, 4) is 0 Å². The predicted molar refractivity (Wildman–Crippen MR) is 57.0 cm³/mol. The number of hydrogen-bond donors (Lipinski definition) is 0. The Morgan fingerprint density at radius 2 is 1.77 bits per heavy atom. The Labute approximate surface area is 82.9 Å². The van der Waals surface area contributed by atoms with Crippen LogP contribution in [0.3, 0.4) is 0 Å². The third kappa shape index (κ3) is 2.14. The fourth-order valence-electron chi connectivity index (χ4n) is 2.57. The van der Waals surface area contributed by atoms with Gasteiger partial charge in [-0.25, -0.2) is 0 Å². The van der Waals surface area contributed by atoms with Crippen molar-refractivity contribution in [1.82, 2.24) is 0 Å². The standard InChI is InChI=1S/C10H22O2Si/c1-9(2)10-7-5-6-8-13(10,11-3)12-4/h9-10H,5-8H2,1-4H3. The molecule has 1 unspecified atom stereocenters. The zero-order valence-corrected chi connectivity index (χ0v) is 10.3. The molecule has 0 amide bonds. The van der Waals surface area contributed by atoms with Crippen molar-refractivity contribution < 1.29 is 8.85 Å². The summed E-state index contributed by atoms with van der Waals surface area (Å²) in [6.07, 6.45) is 3.94. The van der Waals surface area contributed by atoms with Gasteiger partial charge in [-0.2, -0.15) is 0 Å². The van der Waals surface area contributed by atoms with Crippen LogP contribution in [0.25, 0.3) is 0 Å². The average Bonchev–Trinajstić information content (AvgIpc) is 2.17. The molecule has 0 N–H and O–H groups in total. The molecule has 0 aliphatic carbocycles. The van der Waals surface area contributed by atoms with E-state index in [4.69, 9.17) is 8.85 Å². The van der Waals surface area contributed by atoms with Gasteiger partial charge in [0.25, 0.3) is 0 Å². The van der Waals surface area contributed by atoms with Crippen molar-refractivity contribution >= 4 is 8.56 Å². The van der Waals surface area contributed by atoms with Crippen LogP contribution in [0.15, 0.2) is 0 Å². The lowest BCUT2D eigenvalue weighted by Crippen LogP contribution is -2.48. The summed E-state index contributed by atoms with van der Waals surface area (Å²) in [5.41, 5.74) is 0.691. The molecule has 13 heavy (non-hydrogen) atoms. The Bertz CT molecular complexity index is 155. The van der Waals surface area contributed by atoms with E-state index in [9.17, 15) is 0 Å². The van der Waals surface area contributed by atoms with Gasteiger partial charge in [0.15, 0.2) is 0 Å². The van der Waals surface area contributed by atoms with E-state index >= 15 is 0 Å². The normalized spacial score (nSPS) is 27.9. The lowest BCUT2D eigenvalue weighted by molar-refractivity contribution is 0.203. The minimum absolute atomic E-state index is 0.691. The van der Waals surface area contributed by atoms with Gasteiger partial charge in [0.2, 0.25) is 0 Å². The second-order valence-electron chi connectivity index (χ2n) is 4.32. The fourth-order valence-corrected chi connectivity index (χ4v) is 6.53. The van der Waals surface area contributed by atoms with Gasteiger partial charge in [-0.3, -0.25) is 0 Å². The highest BCUT2D eigenvalue weighted by atomic mass is 28.4. The molecule has 2 nitrogen and oxygen atoms in total. The zero-order chi connectivity index (χ0) is 9.90. The maximum absolute atomic E-state index is 5.72. The first-order valence-corrected chi connectivity index (χ1v) is 7.36. The van der Waals surface area contributed by atoms with Gasteiger partial charge >= 0.3 is 8.56 Å². The highest BCUT2D eigenvalue weighted by Gasteiger charge is 2.47. The van der Waals surface area contributed by atoms with Gasteiger partial charge in [-0.15, -0.1) is 0 Å². The van der Waals surface area contributed by atoms with Crippen molar-refractivity contribution in [2.45, 2.75) is 44.7 Å². The largest absolute Gasteiger partial charge is 0.397 e. The van der Waals surface area contributed by atoms with Crippen LogP contribution in [-0.2, 0) is 8.85 Å². The molecule has 1 heterocycles. The molecule has 0 aromatic heterocycles. The lowest BCUT2D eigenvalue weighted by atomic mass is 10.0. The summed E-state index contributed by atoms with van der Waals surface area (Å²) >= 11 is 0. The molecule has 1 rings (SSSR count). The summed E-state index contributed by atoms with van der Waals surface area (Å²) in [6, 6.07) is 1.18. The molecule has 0 saturated carbocycles. The summed E-state index contributed by atoms with van der Waals surface area (Å²) in [5, 5.41) is 0. The quantitative estimate of drug-likeness (QED) is 0.655. The summed E-state index contributed by atoms with van der Waals surface area (Å²) in [7, 11) is 1.84. The van der Waals surface area contributed by atoms with Crippen LogP contribution in [0.4, 0.5) is 0 Å². The van der Waals surface area contributed by atoms with Crippen molar-refractivity contribution in [3.63, 3.8) is 0 Å². The maximum Gasteiger partial charge on any atom is 0.341 e. The van der Waals surface area contributed by atoms with E-state index in [0.29, 0.717) is 11.5 Å². The predicted octanol–water partition coefficient (Wildman–Crippen LogP) is 2.93. The minimum atomic E-state index is -1.82. The van der Waals surface area contributed by atoms with Crippen molar-refractivity contribution in [2.75, 3.05) is 14.2 Å². The van der Waals surface area contributed by atoms with Crippen LogP contribution < -0.4 is 0 Å². The molecular formula is C10H22O2Si. The molecule has 1 atom stereocenters. The monoisotopic (exact) mass is 202 g/mol. The average molecular weight is 202 g/mol. The third-order valence-electron chi connectivity index (χ3n) is 3.35. The van der Waals surface area contributed by atoms with E-state index in [-0.39, 0.29) is 0 Å². The second kappa shape index (κ2) is 4.58. The third-order valence-corrected chi connectivity index (χ3v) is 7.87. The molecule has 1 aliphatic rings. The van der Waals surface area contributed by atoms with Crippen LogP contribution in [0.1, 0.15) is 33.1 Å². The number of rotatable bonds is 3. The van der Waals surface area contributed by atoms with E-state index in [1.165, 1.54) is 25.3 Å². The van der Waals surface area contributed by atoms with Gasteiger partial charge in [-0.1, -0.05) is 26.7 Å². The molecule has 78 valence electrons. The Kier molecular flexibility index (Phi) is 3.95. The van der Waals surface area contributed by atoms with Crippen LogP contribution in [0.5, 0.6) is 0 Å². The molecule has 1 fully saturated rings. The van der Waals surface area contributed by atoms with Crippen LogP contribution >= 0.6 is 0 Å². The molecule has 0 aromatic carbocycles. The summed E-state index contributed by atoms with van der Waals surface area (Å²) in [4.78, 5) is 0. The van der Waals surface area contributed by atoms with E-state index < -0.39 is 8.56 Å². The Morgan fingerprint density at radius 3 is 2.15 bits per heavy atom. The van der Waals surface area contributed by atoms with Crippen molar-refractivity contribution in [2.24, 2.45) is 5.92 Å². The molecule has 3 heteroatoms. The van der Waals surface area contributed by atoms with Crippen LogP contribution in [0, 0.1) is 5.92 Å². The summed E-state index contributed by atoms with van der Waals surface area (Å²) in [6.45, 7) is 4.57. The van der Waals surface area contributed by atoms with E-state index in [1.807, 2.05) is 14.2 Å². The Balaban J connectivity index is 2.75. The molecule has 0 radical (unpaired) electrons. The topological polar surface area (TPSA) is 18.5 Å². The SMILES string of the molecule is CO[Si]1(OC)CCCCC1C(C)C. The smallest absolute Gasteiger partial charge is 0.341 e. The summed E-state index contributed by atoms with van der Waals surface area (Å²) in [5.74, 6) is 0.701. The van der Waals surface area contributed by atoms with Gasteiger partial charge < -0.3 is 8.85 Å². The van der Waals surface area contributed by atoms with Crippen LogP contribution in [0.2, 0.25) is 11.6 Å². The number of hydrogen-bond acceptors (Lipinski definition) is 2. The molecule has 1 saturated heterocycles. The Morgan fingerprint density at radius 1 is 1.15 bits per heavy atom. The zero-order valence-electron chi connectivity index (χ0n) is 9.30. The maximum atomic E-state index is 5.72. The summed E-state index contributed by atoms with van der Waals surface area (Å²) < 4.78 is 11.4. The first-order chi connectivity index (χ1) is 6.16. The second-order valence-corrected chi connectivity index (χ2v) is 8.00. The lowest BCUT2D eigenvalue weighted by Gasteiger charge is -2.40. The van der Waals surface area contributed by atoms with E-state index in [2.05, 4.69) is 13.8 Å². The van der Waals surface area contributed by atoms with E-state index in [1.54, 1.807) is 0 Å².